The van der Waals surface area contributed by atoms with E-state index in [0.717, 1.165) is 0 Å². The van der Waals surface area contributed by atoms with E-state index in [1.807, 2.05) is 0 Å². The summed E-state index contributed by atoms with van der Waals surface area (Å²) in [7, 11) is 0. The lowest BCUT2D eigenvalue weighted by Crippen LogP contribution is -2.14. The van der Waals surface area contributed by atoms with Crippen molar-refractivity contribution in [2.75, 3.05) is 0 Å². The van der Waals surface area contributed by atoms with Crippen LogP contribution in [0.1, 0.15) is 33.0 Å². The average molecular weight is 225 g/mol. The number of hydrogen-bond acceptors (Lipinski definition) is 1. The summed E-state index contributed by atoms with van der Waals surface area (Å²) >= 11 is 2.78. The second kappa shape index (κ2) is 2.95. The maximum atomic E-state index is 10.3. The lowest BCUT2D eigenvalue weighted by Gasteiger charge is -2.17. The third-order valence-corrected chi connectivity index (χ3v) is 1.35. The standard InChI is InChI=1S/C9H11BrO/c1-9(2,11)7-4-3-5-8(10)6-7/h3-6,11H,1-2H3/i1D3,2D3,3D,4D,5D,6D. The Bertz CT molecular complexity index is 532. The van der Waals surface area contributed by atoms with Gasteiger partial charge in [-0.3, -0.25) is 0 Å². The normalized spacial score (nSPS) is 27.1. The quantitative estimate of drug-likeness (QED) is 0.779. The summed E-state index contributed by atoms with van der Waals surface area (Å²) in [5, 5.41) is 10.3. The summed E-state index contributed by atoms with van der Waals surface area (Å²) in [4.78, 5) is 0. The van der Waals surface area contributed by atoms with Gasteiger partial charge in [0, 0.05) is 12.7 Å². The molecule has 0 aliphatic heterocycles. The molecule has 2 heteroatoms. The first-order chi connectivity index (χ1) is 9.18. The highest BCUT2D eigenvalue weighted by Crippen LogP contribution is 2.22. The fourth-order valence-corrected chi connectivity index (χ4v) is 0.799. The van der Waals surface area contributed by atoms with Crippen LogP contribution in [0.4, 0.5) is 0 Å². The molecule has 0 amide bonds. The van der Waals surface area contributed by atoms with E-state index in [9.17, 15) is 5.11 Å². The Balaban J connectivity index is 3.96. The van der Waals surface area contributed by atoms with Gasteiger partial charge in [0.05, 0.1) is 11.1 Å². The van der Waals surface area contributed by atoms with Crippen molar-refractivity contribution >= 4 is 15.9 Å². The van der Waals surface area contributed by atoms with E-state index in [0.29, 0.717) is 0 Å². The van der Waals surface area contributed by atoms with Crippen LogP contribution in [-0.4, -0.2) is 5.11 Å². The van der Waals surface area contributed by atoms with E-state index in [1.165, 1.54) is 0 Å². The number of hydrogen-bond donors (Lipinski definition) is 1. The van der Waals surface area contributed by atoms with E-state index in [1.54, 1.807) is 0 Å². The molecule has 0 unspecified atom stereocenters. The minimum atomic E-state index is -3.49. The molecule has 0 aliphatic rings. The molecular formula is C9H11BrO. The maximum absolute atomic E-state index is 10.3. The molecule has 1 N–H and O–H groups in total. The Hall–Kier alpha value is -0.340. The van der Waals surface area contributed by atoms with Gasteiger partial charge in [0.15, 0.2) is 0 Å². The van der Waals surface area contributed by atoms with Crippen molar-refractivity contribution in [1.29, 1.82) is 0 Å². The Labute approximate surface area is 89.2 Å². The van der Waals surface area contributed by atoms with Gasteiger partial charge in [-0.2, -0.15) is 0 Å². The molecule has 0 aliphatic carbocycles. The van der Waals surface area contributed by atoms with Crippen LogP contribution in [0, 0.1) is 0 Å². The monoisotopic (exact) mass is 224 g/mol. The molecule has 60 valence electrons. The predicted molar refractivity (Wildman–Crippen MR) is 49.4 cm³/mol. The second-order valence-electron chi connectivity index (χ2n) is 1.90. The first-order valence-electron chi connectivity index (χ1n) is 7.66. The zero-order valence-electron chi connectivity index (χ0n) is 15.3. The molecule has 0 radical (unpaired) electrons. The molecule has 0 saturated heterocycles. The van der Waals surface area contributed by atoms with Gasteiger partial charge in [0.2, 0.25) is 0 Å². The minimum absolute atomic E-state index is 0.356. The van der Waals surface area contributed by atoms with Crippen molar-refractivity contribution in [3.63, 3.8) is 0 Å². The van der Waals surface area contributed by atoms with Gasteiger partial charge in [-0.25, -0.2) is 0 Å². The van der Waals surface area contributed by atoms with Gasteiger partial charge in [-0.1, -0.05) is 28.0 Å². The third kappa shape index (κ3) is 2.31. The van der Waals surface area contributed by atoms with Crippen molar-refractivity contribution in [3.05, 3.63) is 34.2 Å². The average Bonchev–Trinajstić information content (AvgIpc) is 2.31. The zero-order chi connectivity index (χ0) is 17.0. The molecule has 0 atom stereocenters. The van der Waals surface area contributed by atoms with Crippen molar-refractivity contribution in [3.8, 4) is 0 Å². The number of benzene rings is 1. The molecule has 1 nitrogen and oxygen atoms in total. The van der Waals surface area contributed by atoms with Crippen molar-refractivity contribution in [2.24, 2.45) is 0 Å². The van der Waals surface area contributed by atoms with Gasteiger partial charge in [-0.15, -0.1) is 0 Å². The molecular weight excluding hydrogens is 204 g/mol. The van der Waals surface area contributed by atoms with Crippen LogP contribution >= 0.6 is 15.9 Å². The van der Waals surface area contributed by atoms with Crippen LogP contribution in [0.3, 0.4) is 0 Å². The molecule has 0 bridgehead atoms. The second-order valence-corrected chi connectivity index (χ2v) is 2.69. The smallest absolute Gasteiger partial charge is 0.0840 e. The predicted octanol–water partition coefficient (Wildman–Crippen LogP) is 2.68. The fraction of sp³-hybridized carbons (Fsp3) is 0.333. The van der Waals surface area contributed by atoms with E-state index in [-0.39, 0.29) is 4.47 Å². The highest BCUT2D eigenvalue weighted by Gasteiger charge is 2.14. The van der Waals surface area contributed by atoms with Gasteiger partial charge in [-0.05, 0) is 31.4 Å². The van der Waals surface area contributed by atoms with Crippen LogP contribution in [0.2, 0.25) is 0 Å². The Morgan fingerprint density at radius 2 is 2.36 bits per heavy atom. The summed E-state index contributed by atoms with van der Waals surface area (Å²) in [6.45, 7) is -6.92. The minimum Gasteiger partial charge on any atom is -0.386 e. The molecule has 0 saturated carbocycles. The number of rotatable bonds is 1. The molecule has 0 fully saturated rings. The lowest BCUT2D eigenvalue weighted by atomic mass is 9.99. The van der Waals surface area contributed by atoms with Crippen molar-refractivity contribution in [2.45, 2.75) is 19.3 Å². The molecule has 0 heterocycles. The lowest BCUT2D eigenvalue weighted by molar-refractivity contribution is 0.0785. The summed E-state index contributed by atoms with van der Waals surface area (Å²) in [5.74, 6) is 0. The molecule has 1 rings (SSSR count). The van der Waals surface area contributed by atoms with Gasteiger partial charge >= 0.3 is 0 Å². The highest BCUT2D eigenvalue weighted by atomic mass is 79.9. The van der Waals surface area contributed by atoms with E-state index in [2.05, 4.69) is 15.9 Å². The van der Waals surface area contributed by atoms with Crippen LogP contribution in [0.25, 0.3) is 0 Å². The number of aliphatic hydroxyl groups is 1. The van der Waals surface area contributed by atoms with E-state index >= 15 is 0 Å². The summed E-state index contributed by atoms with van der Waals surface area (Å²) < 4.78 is 73.9. The fourth-order valence-electron chi connectivity index (χ4n) is 0.502. The Kier molecular flexibility index (Phi) is 0.626. The SMILES string of the molecule is [2H]c1c([2H])c(Br)c([2H])c(C(O)(C([2H])([2H])[2H])C([2H])([2H])[2H])c1[2H]. The molecule has 1 aromatic rings. The Morgan fingerprint density at radius 1 is 1.64 bits per heavy atom. The molecule has 11 heavy (non-hydrogen) atoms. The number of halogens is 1. The summed E-state index contributed by atoms with van der Waals surface area (Å²) in [5.41, 5.74) is -4.50. The van der Waals surface area contributed by atoms with Crippen molar-refractivity contribution in [1.82, 2.24) is 0 Å². The summed E-state index contributed by atoms with van der Waals surface area (Å²) in [6.07, 6.45) is 0. The van der Waals surface area contributed by atoms with Gasteiger partial charge < -0.3 is 5.11 Å². The maximum Gasteiger partial charge on any atom is 0.0840 e. The molecule has 0 spiro atoms. The first-order valence-corrected chi connectivity index (χ1v) is 3.46. The van der Waals surface area contributed by atoms with Crippen LogP contribution < -0.4 is 0 Å². The molecule has 1 aromatic carbocycles. The van der Waals surface area contributed by atoms with E-state index < -0.39 is 49.0 Å². The largest absolute Gasteiger partial charge is 0.386 e. The third-order valence-electron chi connectivity index (χ3n) is 0.956. The Morgan fingerprint density at radius 3 is 3.00 bits per heavy atom. The van der Waals surface area contributed by atoms with Crippen LogP contribution in [0.15, 0.2) is 28.6 Å². The van der Waals surface area contributed by atoms with Gasteiger partial charge in [0.1, 0.15) is 0 Å². The van der Waals surface area contributed by atoms with Crippen molar-refractivity contribution < 1.29 is 18.8 Å². The zero-order valence-corrected chi connectivity index (χ0v) is 6.91. The summed E-state index contributed by atoms with van der Waals surface area (Å²) in [6, 6.07) is -3.12. The van der Waals surface area contributed by atoms with E-state index in [4.69, 9.17) is 13.7 Å². The van der Waals surface area contributed by atoms with Crippen LogP contribution in [-0.2, 0) is 5.60 Å². The molecule has 0 aromatic heterocycles. The van der Waals surface area contributed by atoms with Gasteiger partial charge in [0.25, 0.3) is 0 Å². The highest BCUT2D eigenvalue weighted by molar-refractivity contribution is 9.10. The first kappa shape index (κ1) is 2.33. The topological polar surface area (TPSA) is 20.2 Å². The van der Waals surface area contributed by atoms with Crippen LogP contribution in [0.5, 0.6) is 0 Å².